The number of nitrogen functional groups attached to an aromatic ring is 1. The van der Waals surface area contributed by atoms with Crippen molar-refractivity contribution in [1.82, 2.24) is 4.90 Å². The van der Waals surface area contributed by atoms with E-state index in [1.807, 2.05) is 12.1 Å². The maximum absolute atomic E-state index is 12.0. The van der Waals surface area contributed by atoms with E-state index in [2.05, 4.69) is 0 Å². The molecule has 0 radical (unpaired) electrons. The molecule has 0 aliphatic carbocycles. The van der Waals surface area contributed by atoms with Crippen LogP contribution in [0.3, 0.4) is 0 Å². The maximum atomic E-state index is 12.0. The molecule has 0 saturated carbocycles. The Morgan fingerprint density at radius 2 is 1.75 bits per heavy atom. The van der Waals surface area contributed by atoms with Crippen LogP contribution in [0.4, 0.5) is 18.9 Å². The van der Waals surface area contributed by atoms with E-state index in [0.29, 0.717) is 12.2 Å². The van der Waals surface area contributed by atoms with Crippen LogP contribution < -0.4 is 5.73 Å². The smallest absolute Gasteiger partial charge is 0.390 e. The molecule has 0 fully saturated rings. The van der Waals surface area contributed by atoms with Gasteiger partial charge >= 0.3 is 6.18 Å². The van der Waals surface area contributed by atoms with Gasteiger partial charge in [-0.25, -0.2) is 0 Å². The third-order valence-corrected chi connectivity index (χ3v) is 2.21. The van der Waals surface area contributed by atoms with Crippen LogP contribution in [0.5, 0.6) is 0 Å². The quantitative estimate of drug-likeness (QED) is 0.809. The van der Waals surface area contributed by atoms with Gasteiger partial charge in [0.1, 0.15) is 0 Å². The fraction of sp³-hybridized carbons (Fsp3) is 0.455. The lowest BCUT2D eigenvalue weighted by atomic mass is 10.2. The summed E-state index contributed by atoms with van der Waals surface area (Å²) in [6, 6.07) is 7.12. The molecule has 0 saturated heterocycles. The highest BCUT2D eigenvalue weighted by Crippen LogP contribution is 2.19. The van der Waals surface area contributed by atoms with Crippen LogP contribution in [0.2, 0.25) is 0 Å². The zero-order chi connectivity index (χ0) is 12.2. The molecule has 0 aromatic heterocycles. The number of rotatable bonds is 4. The summed E-state index contributed by atoms with van der Waals surface area (Å²) < 4.78 is 35.9. The first-order valence-electron chi connectivity index (χ1n) is 4.96. The van der Waals surface area contributed by atoms with Crippen LogP contribution in [0.25, 0.3) is 0 Å². The third kappa shape index (κ3) is 5.02. The summed E-state index contributed by atoms with van der Waals surface area (Å²) in [5, 5.41) is 0. The Hall–Kier alpha value is -1.23. The Labute approximate surface area is 92.9 Å². The monoisotopic (exact) mass is 232 g/mol. The number of halogens is 3. The van der Waals surface area contributed by atoms with Crippen molar-refractivity contribution in [2.24, 2.45) is 0 Å². The van der Waals surface area contributed by atoms with E-state index in [4.69, 9.17) is 5.73 Å². The normalized spacial score (nSPS) is 12.1. The molecule has 0 aliphatic rings. The van der Waals surface area contributed by atoms with E-state index in [0.717, 1.165) is 5.56 Å². The lowest BCUT2D eigenvalue weighted by Gasteiger charge is -2.17. The fourth-order valence-corrected chi connectivity index (χ4v) is 1.33. The van der Waals surface area contributed by atoms with Gasteiger partial charge in [0.05, 0.1) is 6.42 Å². The van der Waals surface area contributed by atoms with Gasteiger partial charge in [-0.3, -0.25) is 0 Å². The standard InChI is InChI=1S/C11H15F3N2/c1-16(7-6-11(12,13)14)8-9-2-4-10(15)5-3-9/h2-5H,6-8,15H2,1H3. The van der Waals surface area contributed by atoms with Crippen molar-refractivity contribution in [2.75, 3.05) is 19.3 Å². The maximum Gasteiger partial charge on any atom is 0.390 e. The average molecular weight is 232 g/mol. The van der Waals surface area contributed by atoms with Crippen molar-refractivity contribution in [2.45, 2.75) is 19.1 Å². The second kappa shape index (κ2) is 5.21. The average Bonchev–Trinajstić information content (AvgIpc) is 2.18. The second-order valence-electron chi connectivity index (χ2n) is 3.84. The summed E-state index contributed by atoms with van der Waals surface area (Å²) in [5.74, 6) is 0. The molecule has 1 rings (SSSR count). The van der Waals surface area contributed by atoms with Crippen LogP contribution in [0.1, 0.15) is 12.0 Å². The molecule has 1 aromatic rings. The molecule has 0 amide bonds. The number of nitrogens with zero attached hydrogens (tertiary/aromatic N) is 1. The number of anilines is 1. The Morgan fingerprint density at radius 1 is 1.19 bits per heavy atom. The molecule has 90 valence electrons. The molecule has 1 aromatic carbocycles. The van der Waals surface area contributed by atoms with Crippen LogP contribution >= 0.6 is 0 Å². The lowest BCUT2D eigenvalue weighted by molar-refractivity contribution is -0.137. The Balaban J connectivity index is 2.39. The van der Waals surface area contributed by atoms with E-state index in [1.54, 1.807) is 24.1 Å². The van der Waals surface area contributed by atoms with Crippen LogP contribution in [0.15, 0.2) is 24.3 Å². The number of nitrogens with two attached hydrogens (primary N) is 1. The van der Waals surface area contributed by atoms with Gasteiger partial charge in [0.2, 0.25) is 0 Å². The van der Waals surface area contributed by atoms with Crippen molar-refractivity contribution in [1.29, 1.82) is 0 Å². The summed E-state index contributed by atoms with van der Waals surface area (Å²) in [6.07, 6.45) is -4.87. The summed E-state index contributed by atoms with van der Waals surface area (Å²) >= 11 is 0. The van der Waals surface area contributed by atoms with Crippen molar-refractivity contribution in [3.05, 3.63) is 29.8 Å². The SMILES string of the molecule is CN(CCC(F)(F)F)Cc1ccc(N)cc1. The topological polar surface area (TPSA) is 29.3 Å². The van der Waals surface area contributed by atoms with E-state index in [-0.39, 0.29) is 6.54 Å². The van der Waals surface area contributed by atoms with Crippen LogP contribution in [-0.2, 0) is 6.54 Å². The molecule has 2 N–H and O–H groups in total. The highest BCUT2D eigenvalue weighted by atomic mass is 19.4. The van der Waals surface area contributed by atoms with Gasteiger partial charge in [-0.1, -0.05) is 12.1 Å². The highest BCUT2D eigenvalue weighted by molar-refractivity contribution is 5.39. The first-order chi connectivity index (χ1) is 7.37. The summed E-state index contributed by atoms with van der Waals surface area (Å²) in [4.78, 5) is 1.64. The Kier molecular flexibility index (Phi) is 4.18. The molecule has 2 nitrogen and oxygen atoms in total. The molecule has 0 aliphatic heterocycles. The number of benzene rings is 1. The predicted octanol–water partition coefficient (Wildman–Crippen LogP) is 2.65. The van der Waals surface area contributed by atoms with E-state index in [9.17, 15) is 13.2 Å². The third-order valence-electron chi connectivity index (χ3n) is 2.21. The van der Waals surface area contributed by atoms with Gasteiger partial charge in [0.15, 0.2) is 0 Å². The Bertz CT molecular complexity index is 319. The van der Waals surface area contributed by atoms with Crippen molar-refractivity contribution in [3.8, 4) is 0 Å². The zero-order valence-corrected chi connectivity index (χ0v) is 9.09. The molecule has 0 heterocycles. The number of hydrogen-bond acceptors (Lipinski definition) is 2. The van der Waals surface area contributed by atoms with E-state index >= 15 is 0 Å². The van der Waals surface area contributed by atoms with Crippen LogP contribution in [-0.4, -0.2) is 24.7 Å². The van der Waals surface area contributed by atoms with E-state index < -0.39 is 12.6 Å². The van der Waals surface area contributed by atoms with Gasteiger partial charge in [0, 0.05) is 18.8 Å². The molecule has 0 bridgehead atoms. The number of hydrogen-bond donors (Lipinski definition) is 1. The van der Waals surface area contributed by atoms with Crippen LogP contribution in [0, 0.1) is 0 Å². The minimum absolute atomic E-state index is 0.00781. The van der Waals surface area contributed by atoms with Gasteiger partial charge in [-0.15, -0.1) is 0 Å². The van der Waals surface area contributed by atoms with Crippen molar-refractivity contribution >= 4 is 5.69 Å². The molecule has 5 heteroatoms. The lowest BCUT2D eigenvalue weighted by Crippen LogP contribution is -2.24. The molecule has 0 unspecified atom stereocenters. The van der Waals surface area contributed by atoms with Crippen molar-refractivity contribution in [3.63, 3.8) is 0 Å². The molecule has 0 spiro atoms. The summed E-state index contributed by atoms with van der Waals surface area (Å²) in [5.41, 5.74) is 7.12. The van der Waals surface area contributed by atoms with Gasteiger partial charge in [0.25, 0.3) is 0 Å². The fourth-order valence-electron chi connectivity index (χ4n) is 1.33. The summed E-state index contributed by atoms with van der Waals surface area (Å²) in [6.45, 7) is 0.504. The molecular weight excluding hydrogens is 217 g/mol. The summed E-state index contributed by atoms with van der Waals surface area (Å²) in [7, 11) is 1.67. The van der Waals surface area contributed by atoms with Gasteiger partial charge in [-0.05, 0) is 24.7 Å². The minimum atomic E-state index is -4.09. The molecular formula is C11H15F3N2. The van der Waals surface area contributed by atoms with E-state index in [1.165, 1.54) is 0 Å². The molecule has 0 atom stereocenters. The zero-order valence-electron chi connectivity index (χ0n) is 9.09. The first-order valence-corrected chi connectivity index (χ1v) is 4.96. The van der Waals surface area contributed by atoms with Gasteiger partial charge < -0.3 is 10.6 Å². The number of alkyl halides is 3. The second-order valence-corrected chi connectivity index (χ2v) is 3.84. The minimum Gasteiger partial charge on any atom is -0.399 e. The van der Waals surface area contributed by atoms with Gasteiger partial charge in [-0.2, -0.15) is 13.2 Å². The highest BCUT2D eigenvalue weighted by Gasteiger charge is 2.26. The Morgan fingerprint density at radius 3 is 2.25 bits per heavy atom. The van der Waals surface area contributed by atoms with Crippen molar-refractivity contribution < 1.29 is 13.2 Å². The predicted molar refractivity (Wildman–Crippen MR) is 57.9 cm³/mol. The molecule has 16 heavy (non-hydrogen) atoms. The largest absolute Gasteiger partial charge is 0.399 e. The first kappa shape index (κ1) is 12.8.